The molecule has 0 heterocycles. The average molecular weight is 138 g/mol. The predicted molar refractivity (Wildman–Crippen MR) is 41.8 cm³/mol. The van der Waals surface area contributed by atoms with Crippen LogP contribution >= 0.6 is 0 Å². The van der Waals surface area contributed by atoms with E-state index in [1.807, 2.05) is 6.08 Å². The van der Waals surface area contributed by atoms with Crippen molar-refractivity contribution in [3.8, 4) is 0 Å². The number of hydrogen-bond donors (Lipinski definition) is 0. The van der Waals surface area contributed by atoms with Crippen molar-refractivity contribution in [2.75, 3.05) is 0 Å². The van der Waals surface area contributed by atoms with E-state index in [9.17, 15) is 4.79 Å². The zero-order chi connectivity index (χ0) is 7.61. The Morgan fingerprint density at radius 1 is 1.50 bits per heavy atom. The fourth-order valence-electron chi connectivity index (χ4n) is 1.57. The summed E-state index contributed by atoms with van der Waals surface area (Å²) in [5.74, 6) is 0.400. The standard InChI is InChI=1S/C9H14O/c1-3-9(4-2)7-5-6-8(9)10/h5,7H,3-4,6H2,1-2H3. The second kappa shape index (κ2) is 2.57. The molecule has 0 amide bonds. The SMILES string of the molecule is CCC1(CC)C=CCC1=O. The molecule has 0 N–H and O–H groups in total. The fraction of sp³-hybridized carbons (Fsp3) is 0.667. The van der Waals surface area contributed by atoms with Gasteiger partial charge >= 0.3 is 0 Å². The Balaban J connectivity index is 2.81. The van der Waals surface area contributed by atoms with Gasteiger partial charge in [0.05, 0.1) is 0 Å². The van der Waals surface area contributed by atoms with Gasteiger partial charge in [0.15, 0.2) is 0 Å². The molecule has 0 bridgehead atoms. The Morgan fingerprint density at radius 3 is 2.30 bits per heavy atom. The van der Waals surface area contributed by atoms with E-state index in [0.717, 1.165) is 12.8 Å². The molecule has 10 heavy (non-hydrogen) atoms. The Kier molecular flexibility index (Phi) is 1.93. The Labute approximate surface area is 62.1 Å². The molecular weight excluding hydrogens is 124 g/mol. The summed E-state index contributed by atoms with van der Waals surface area (Å²) >= 11 is 0. The largest absolute Gasteiger partial charge is 0.298 e. The summed E-state index contributed by atoms with van der Waals surface area (Å²) < 4.78 is 0. The molecule has 0 spiro atoms. The van der Waals surface area contributed by atoms with Gasteiger partial charge in [-0.2, -0.15) is 0 Å². The number of carbonyl (C=O) groups excluding carboxylic acids is 1. The summed E-state index contributed by atoms with van der Waals surface area (Å²) in [5.41, 5.74) is -0.0833. The topological polar surface area (TPSA) is 17.1 Å². The van der Waals surface area contributed by atoms with Crippen LogP contribution < -0.4 is 0 Å². The molecule has 56 valence electrons. The van der Waals surface area contributed by atoms with Gasteiger partial charge in [0, 0.05) is 11.8 Å². The lowest BCUT2D eigenvalue weighted by Crippen LogP contribution is -2.22. The number of allylic oxidation sites excluding steroid dienone is 2. The van der Waals surface area contributed by atoms with Crippen molar-refractivity contribution >= 4 is 5.78 Å². The number of rotatable bonds is 2. The highest BCUT2D eigenvalue weighted by atomic mass is 16.1. The number of ketones is 1. The van der Waals surface area contributed by atoms with Crippen LogP contribution in [0.25, 0.3) is 0 Å². The maximum Gasteiger partial charge on any atom is 0.146 e. The summed E-state index contributed by atoms with van der Waals surface area (Å²) in [5, 5.41) is 0. The average Bonchev–Trinajstić information content (AvgIpc) is 2.32. The van der Waals surface area contributed by atoms with Crippen LogP contribution in [0, 0.1) is 5.41 Å². The Hall–Kier alpha value is -0.590. The number of hydrogen-bond acceptors (Lipinski definition) is 1. The second-order valence-corrected chi connectivity index (χ2v) is 2.89. The first kappa shape index (κ1) is 7.52. The molecule has 1 aliphatic carbocycles. The maximum atomic E-state index is 11.3. The van der Waals surface area contributed by atoms with E-state index >= 15 is 0 Å². The molecule has 0 aromatic heterocycles. The minimum Gasteiger partial charge on any atom is -0.298 e. The molecule has 0 atom stereocenters. The van der Waals surface area contributed by atoms with E-state index in [-0.39, 0.29) is 5.41 Å². The molecule has 1 nitrogen and oxygen atoms in total. The van der Waals surface area contributed by atoms with Gasteiger partial charge in [0.2, 0.25) is 0 Å². The number of Topliss-reactive ketones (excluding diaryl/α,β-unsaturated/α-hetero) is 1. The normalized spacial score (nSPS) is 22.0. The second-order valence-electron chi connectivity index (χ2n) is 2.89. The molecule has 1 aliphatic rings. The minimum absolute atomic E-state index is 0.0833. The highest BCUT2D eigenvalue weighted by Gasteiger charge is 2.33. The van der Waals surface area contributed by atoms with Gasteiger partial charge in [-0.25, -0.2) is 0 Å². The van der Waals surface area contributed by atoms with Crippen LogP contribution in [0.1, 0.15) is 33.1 Å². The lowest BCUT2D eigenvalue weighted by Gasteiger charge is -2.21. The van der Waals surface area contributed by atoms with E-state index in [4.69, 9.17) is 0 Å². The summed E-state index contributed by atoms with van der Waals surface area (Å²) in [4.78, 5) is 11.3. The molecule has 1 rings (SSSR count). The minimum atomic E-state index is -0.0833. The van der Waals surface area contributed by atoms with E-state index in [2.05, 4.69) is 19.9 Å². The predicted octanol–water partition coefficient (Wildman–Crippen LogP) is 2.32. The maximum absolute atomic E-state index is 11.3. The van der Waals surface area contributed by atoms with Crippen molar-refractivity contribution in [3.05, 3.63) is 12.2 Å². The van der Waals surface area contributed by atoms with Crippen molar-refractivity contribution in [2.45, 2.75) is 33.1 Å². The third-order valence-corrected chi connectivity index (χ3v) is 2.56. The van der Waals surface area contributed by atoms with Crippen molar-refractivity contribution in [1.82, 2.24) is 0 Å². The molecule has 0 saturated heterocycles. The van der Waals surface area contributed by atoms with E-state index < -0.39 is 0 Å². The summed E-state index contributed by atoms with van der Waals surface area (Å²) in [6.07, 6.45) is 6.64. The highest BCUT2D eigenvalue weighted by Crippen LogP contribution is 2.34. The molecular formula is C9H14O. The molecule has 1 heteroatoms. The summed E-state index contributed by atoms with van der Waals surface area (Å²) in [6, 6.07) is 0. The van der Waals surface area contributed by atoms with Gasteiger partial charge in [0.1, 0.15) is 5.78 Å². The molecule has 0 fully saturated rings. The van der Waals surface area contributed by atoms with Gasteiger partial charge in [-0.05, 0) is 12.8 Å². The van der Waals surface area contributed by atoms with Crippen molar-refractivity contribution < 1.29 is 4.79 Å². The fourth-order valence-corrected chi connectivity index (χ4v) is 1.57. The van der Waals surface area contributed by atoms with Crippen LogP contribution in [0.3, 0.4) is 0 Å². The van der Waals surface area contributed by atoms with Gasteiger partial charge in [-0.15, -0.1) is 0 Å². The van der Waals surface area contributed by atoms with Gasteiger partial charge < -0.3 is 0 Å². The first-order valence-corrected chi connectivity index (χ1v) is 3.96. The van der Waals surface area contributed by atoms with Crippen molar-refractivity contribution in [3.63, 3.8) is 0 Å². The lowest BCUT2D eigenvalue weighted by atomic mass is 9.81. The molecule has 0 aromatic carbocycles. The molecule has 0 unspecified atom stereocenters. The molecule has 0 aliphatic heterocycles. The molecule has 0 radical (unpaired) electrons. The zero-order valence-electron chi connectivity index (χ0n) is 6.68. The first-order valence-electron chi connectivity index (χ1n) is 3.96. The van der Waals surface area contributed by atoms with Crippen LogP contribution in [-0.4, -0.2) is 5.78 Å². The van der Waals surface area contributed by atoms with E-state index in [0.29, 0.717) is 12.2 Å². The van der Waals surface area contributed by atoms with E-state index in [1.165, 1.54) is 0 Å². The van der Waals surface area contributed by atoms with Gasteiger partial charge in [-0.1, -0.05) is 26.0 Å². The monoisotopic (exact) mass is 138 g/mol. The smallest absolute Gasteiger partial charge is 0.146 e. The van der Waals surface area contributed by atoms with Gasteiger partial charge in [-0.3, -0.25) is 4.79 Å². The quantitative estimate of drug-likeness (QED) is 0.535. The molecule has 0 saturated carbocycles. The Bertz CT molecular complexity index is 164. The molecule has 0 aromatic rings. The third-order valence-electron chi connectivity index (χ3n) is 2.56. The zero-order valence-corrected chi connectivity index (χ0v) is 6.68. The van der Waals surface area contributed by atoms with Crippen LogP contribution in [0.5, 0.6) is 0 Å². The third kappa shape index (κ3) is 0.898. The summed E-state index contributed by atoms with van der Waals surface area (Å²) in [6.45, 7) is 4.16. The van der Waals surface area contributed by atoms with Crippen molar-refractivity contribution in [2.24, 2.45) is 5.41 Å². The van der Waals surface area contributed by atoms with Crippen LogP contribution in [0.2, 0.25) is 0 Å². The first-order chi connectivity index (χ1) is 4.75. The van der Waals surface area contributed by atoms with E-state index in [1.54, 1.807) is 0 Å². The number of carbonyl (C=O) groups is 1. The summed E-state index contributed by atoms with van der Waals surface area (Å²) in [7, 11) is 0. The Morgan fingerprint density at radius 2 is 2.10 bits per heavy atom. The van der Waals surface area contributed by atoms with Crippen LogP contribution in [0.15, 0.2) is 12.2 Å². The van der Waals surface area contributed by atoms with Gasteiger partial charge in [0.25, 0.3) is 0 Å². The highest BCUT2D eigenvalue weighted by molar-refractivity contribution is 5.90. The van der Waals surface area contributed by atoms with Crippen LogP contribution in [-0.2, 0) is 4.79 Å². The van der Waals surface area contributed by atoms with Crippen molar-refractivity contribution in [1.29, 1.82) is 0 Å². The lowest BCUT2D eigenvalue weighted by molar-refractivity contribution is -0.124. The van der Waals surface area contributed by atoms with Crippen LogP contribution in [0.4, 0.5) is 0 Å².